The first kappa shape index (κ1) is 13.6. The van der Waals surface area contributed by atoms with E-state index in [0.717, 1.165) is 6.42 Å². The van der Waals surface area contributed by atoms with Gasteiger partial charge in [-0.1, -0.05) is 0 Å². The number of aromatic nitrogens is 1. The minimum Gasteiger partial charge on any atom is -0.347 e. The van der Waals surface area contributed by atoms with Crippen LogP contribution in [0.3, 0.4) is 0 Å². The van der Waals surface area contributed by atoms with Gasteiger partial charge in [-0.05, 0) is 24.5 Å². The van der Waals surface area contributed by atoms with Gasteiger partial charge in [0.2, 0.25) is 10.0 Å². The highest BCUT2D eigenvalue weighted by Crippen LogP contribution is 2.34. The van der Waals surface area contributed by atoms with E-state index in [1.807, 2.05) is 19.3 Å². The number of fused-ring (bicyclic) bond motifs is 1. The molecule has 20 heavy (non-hydrogen) atoms. The fourth-order valence-electron chi connectivity index (χ4n) is 3.16. The number of piperidine rings is 1. The Morgan fingerprint density at radius 1 is 1.35 bits per heavy atom. The van der Waals surface area contributed by atoms with Crippen LogP contribution < -0.4 is 0 Å². The maximum Gasteiger partial charge on any atom is 0.270 e. The summed E-state index contributed by atoms with van der Waals surface area (Å²) in [6, 6.07) is 3.60. The van der Waals surface area contributed by atoms with E-state index in [9.17, 15) is 13.2 Å². The summed E-state index contributed by atoms with van der Waals surface area (Å²) in [6.07, 6.45) is 3.96. The van der Waals surface area contributed by atoms with Crippen LogP contribution in [0, 0.1) is 5.92 Å². The molecule has 110 valence electrons. The SMILES string of the molecule is Cn1cccc1C(=O)N1CC[C@@H]2CN(S(C)(=O)=O)[C@@H]2C1. The summed E-state index contributed by atoms with van der Waals surface area (Å²) in [7, 11) is -1.32. The largest absolute Gasteiger partial charge is 0.347 e. The zero-order valence-electron chi connectivity index (χ0n) is 11.7. The van der Waals surface area contributed by atoms with Crippen LogP contribution in [-0.4, -0.2) is 60.0 Å². The number of hydrogen-bond acceptors (Lipinski definition) is 3. The van der Waals surface area contributed by atoms with Crippen LogP contribution in [0.4, 0.5) is 0 Å². The van der Waals surface area contributed by atoms with E-state index < -0.39 is 10.0 Å². The third kappa shape index (κ3) is 2.14. The lowest BCUT2D eigenvalue weighted by Gasteiger charge is -2.51. The Kier molecular flexibility index (Phi) is 3.13. The Labute approximate surface area is 119 Å². The second-order valence-corrected chi connectivity index (χ2v) is 7.64. The maximum atomic E-state index is 12.5. The number of carbonyl (C=O) groups is 1. The fourth-order valence-corrected chi connectivity index (χ4v) is 4.35. The molecule has 1 aromatic heterocycles. The van der Waals surface area contributed by atoms with E-state index in [0.29, 0.717) is 31.2 Å². The van der Waals surface area contributed by atoms with E-state index >= 15 is 0 Å². The van der Waals surface area contributed by atoms with Gasteiger partial charge >= 0.3 is 0 Å². The van der Waals surface area contributed by atoms with Crippen LogP contribution >= 0.6 is 0 Å². The lowest BCUT2D eigenvalue weighted by Crippen LogP contribution is -2.65. The number of carbonyl (C=O) groups excluding carboxylic acids is 1. The van der Waals surface area contributed by atoms with Gasteiger partial charge in [0.1, 0.15) is 5.69 Å². The van der Waals surface area contributed by atoms with Gasteiger partial charge in [-0.2, -0.15) is 4.31 Å². The summed E-state index contributed by atoms with van der Waals surface area (Å²) in [5.41, 5.74) is 0.647. The molecule has 0 unspecified atom stereocenters. The standard InChI is InChI=1S/C13H19N3O3S/c1-14-6-3-4-11(14)13(17)15-7-5-10-8-16(12(10)9-15)20(2,18)19/h3-4,6,10,12H,5,7-9H2,1-2H3/t10-,12-/m1/s1. The van der Waals surface area contributed by atoms with Crippen molar-refractivity contribution in [1.82, 2.24) is 13.8 Å². The van der Waals surface area contributed by atoms with Gasteiger partial charge in [0.15, 0.2) is 0 Å². The van der Waals surface area contributed by atoms with E-state index in [4.69, 9.17) is 0 Å². The molecule has 1 amide bonds. The van der Waals surface area contributed by atoms with Gasteiger partial charge in [-0.25, -0.2) is 8.42 Å². The van der Waals surface area contributed by atoms with Crippen LogP contribution in [0.1, 0.15) is 16.9 Å². The van der Waals surface area contributed by atoms with Gasteiger partial charge in [0, 0.05) is 38.9 Å². The smallest absolute Gasteiger partial charge is 0.270 e. The van der Waals surface area contributed by atoms with Crippen molar-refractivity contribution in [3.63, 3.8) is 0 Å². The maximum absolute atomic E-state index is 12.5. The van der Waals surface area contributed by atoms with Gasteiger partial charge in [-0.15, -0.1) is 0 Å². The molecule has 2 fully saturated rings. The third-order valence-corrected chi connectivity index (χ3v) is 5.65. The summed E-state index contributed by atoms with van der Waals surface area (Å²) in [4.78, 5) is 14.2. The molecular formula is C13H19N3O3S. The van der Waals surface area contributed by atoms with Crippen molar-refractivity contribution in [1.29, 1.82) is 0 Å². The number of aryl methyl sites for hydroxylation is 1. The van der Waals surface area contributed by atoms with Gasteiger partial charge in [0.05, 0.1) is 6.26 Å². The molecule has 0 bridgehead atoms. The van der Waals surface area contributed by atoms with E-state index in [-0.39, 0.29) is 11.9 Å². The predicted molar refractivity (Wildman–Crippen MR) is 74.8 cm³/mol. The lowest BCUT2D eigenvalue weighted by molar-refractivity contribution is 0.0136. The van der Waals surface area contributed by atoms with Crippen LogP contribution in [0.25, 0.3) is 0 Å². The number of hydrogen-bond donors (Lipinski definition) is 0. The molecule has 0 aliphatic carbocycles. The van der Waals surface area contributed by atoms with E-state index in [1.165, 1.54) is 10.6 Å². The average molecular weight is 297 g/mol. The van der Waals surface area contributed by atoms with Gasteiger partial charge < -0.3 is 9.47 Å². The zero-order valence-corrected chi connectivity index (χ0v) is 12.5. The first-order valence-electron chi connectivity index (χ1n) is 6.75. The Morgan fingerprint density at radius 2 is 2.10 bits per heavy atom. The predicted octanol–water partition coefficient (Wildman–Crippen LogP) is 0.131. The Hall–Kier alpha value is -1.34. The minimum absolute atomic E-state index is 0.0173. The van der Waals surface area contributed by atoms with E-state index in [2.05, 4.69) is 0 Å². The van der Waals surface area contributed by atoms with Crippen molar-refractivity contribution in [2.24, 2.45) is 13.0 Å². The van der Waals surface area contributed by atoms with Crippen molar-refractivity contribution in [3.8, 4) is 0 Å². The number of sulfonamides is 1. The second-order valence-electron chi connectivity index (χ2n) is 5.70. The molecule has 3 heterocycles. The molecule has 2 atom stereocenters. The first-order chi connectivity index (χ1) is 9.38. The molecule has 0 saturated carbocycles. The Bertz CT molecular complexity index is 637. The molecule has 0 N–H and O–H groups in total. The van der Waals surface area contributed by atoms with Crippen molar-refractivity contribution < 1.29 is 13.2 Å². The van der Waals surface area contributed by atoms with E-state index in [1.54, 1.807) is 15.5 Å². The van der Waals surface area contributed by atoms with Gasteiger partial charge in [0.25, 0.3) is 5.91 Å². The van der Waals surface area contributed by atoms with Crippen LogP contribution in [0.5, 0.6) is 0 Å². The molecule has 6 nitrogen and oxygen atoms in total. The lowest BCUT2D eigenvalue weighted by atomic mass is 9.85. The minimum atomic E-state index is -3.16. The number of nitrogens with zero attached hydrogens (tertiary/aromatic N) is 3. The quantitative estimate of drug-likeness (QED) is 0.779. The Morgan fingerprint density at radius 3 is 2.70 bits per heavy atom. The molecule has 2 saturated heterocycles. The monoisotopic (exact) mass is 297 g/mol. The fraction of sp³-hybridized carbons (Fsp3) is 0.615. The molecule has 0 radical (unpaired) electrons. The number of likely N-dealkylation sites (tertiary alicyclic amines) is 1. The molecule has 2 aliphatic heterocycles. The molecular weight excluding hydrogens is 278 g/mol. The van der Waals surface area contributed by atoms with Crippen molar-refractivity contribution in [2.75, 3.05) is 25.9 Å². The third-order valence-electron chi connectivity index (χ3n) is 4.38. The Balaban J connectivity index is 1.75. The second kappa shape index (κ2) is 4.60. The normalized spacial score (nSPS) is 27.0. The number of amides is 1. The van der Waals surface area contributed by atoms with Crippen LogP contribution in [0.15, 0.2) is 18.3 Å². The van der Waals surface area contributed by atoms with Crippen LogP contribution in [-0.2, 0) is 17.1 Å². The average Bonchev–Trinajstić information content (AvgIpc) is 2.74. The molecule has 2 aliphatic rings. The molecule has 1 aromatic rings. The summed E-state index contributed by atoms with van der Waals surface area (Å²) in [5.74, 6) is 0.387. The van der Waals surface area contributed by atoms with Crippen LogP contribution in [0.2, 0.25) is 0 Å². The zero-order chi connectivity index (χ0) is 14.5. The topological polar surface area (TPSA) is 62.6 Å². The highest BCUT2D eigenvalue weighted by Gasteiger charge is 2.47. The summed E-state index contributed by atoms with van der Waals surface area (Å²) in [6.45, 7) is 1.82. The molecule has 0 aromatic carbocycles. The van der Waals surface area contributed by atoms with Crippen molar-refractivity contribution in [2.45, 2.75) is 12.5 Å². The summed E-state index contributed by atoms with van der Waals surface area (Å²) >= 11 is 0. The van der Waals surface area contributed by atoms with Crippen molar-refractivity contribution >= 4 is 15.9 Å². The molecule has 3 rings (SSSR count). The summed E-state index contributed by atoms with van der Waals surface area (Å²) < 4.78 is 26.6. The van der Waals surface area contributed by atoms with Gasteiger partial charge in [-0.3, -0.25) is 4.79 Å². The van der Waals surface area contributed by atoms with Crippen molar-refractivity contribution in [3.05, 3.63) is 24.0 Å². The summed E-state index contributed by atoms with van der Waals surface area (Å²) in [5, 5.41) is 0. The highest BCUT2D eigenvalue weighted by molar-refractivity contribution is 7.88. The highest BCUT2D eigenvalue weighted by atomic mass is 32.2. The molecule has 0 spiro atoms. The molecule has 7 heteroatoms. The first-order valence-corrected chi connectivity index (χ1v) is 8.60. The number of rotatable bonds is 2.